The molecule has 1 saturated heterocycles. The molecule has 7 nitrogen and oxygen atoms in total. The van der Waals surface area contributed by atoms with Crippen LogP contribution in [0.3, 0.4) is 0 Å². The Morgan fingerprint density at radius 1 is 1.21 bits per heavy atom. The molecule has 0 saturated carbocycles. The van der Waals surface area contributed by atoms with E-state index in [0.29, 0.717) is 11.4 Å². The van der Waals surface area contributed by atoms with Crippen molar-refractivity contribution in [3.63, 3.8) is 0 Å². The first-order valence-electron chi connectivity index (χ1n) is 11.0. The number of benzene rings is 1. The second-order valence-electron chi connectivity index (χ2n) is 9.51. The summed E-state index contributed by atoms with van der Waals surface area (Å²) >= 11 is 1.67. The molecule has 1 aliphatic rings. The molecule has 0 spiro atoms. The van der Waals surface area contributed by atoms with Crippen molar-refractivity contribution >= 4 is 49.4 Å². The van der Waals surface area contributed by atoms with E-state index < -0.39 is 21.3 Å². The molecular weight excluding hydrogens is 572 g/mol. The summed E-state index contributed by atoms with van der Waals surface area (Å²) in [6.07, 6.45) is 3.09. The maximum absolute atomic E-state index is 13.8. The predicted molar refractivity (Wildman–Crippen MR) is 138 cm³/mol. The van der Waals surface area contributed by atoms with Crippen LogP contribution in [0.25, 0.3) is 17.0 Å². The summed E-state index contributed by atoms with van der Waals surface area (Å²) < 4.78 is 49.9. The zero-order chi connectivity index (χ0) is 24.7. The third kappa shape index (κ3) is 4.85. The number of hydrogen-bond acceptors (Lipinski definition) is 5. The van der Waals surface area contributed by atoms with Crippen LogP contribution in [-0.2, 0) is 26.5 Å². The Balaban J connectivity index is 1.77. The molecule has 0 N–H and O–H groups in total. The second-order valence-corrected chi connectivity index (χ2v) is 12.1. The van der Waals surface area contributed by atoms with Crippen LogP contribution in [0.15, 0.2) is 55.2 Å². The standard InChI is InChI=1S/C24H27FIN3O4S/c1-24(2,3)23-27-19-12-17(4-5-20(19)29(23)15-16-7-10-33-11-8-16)34(31,32)18-6-9-28(21(25)14-26)22(30)13-18/h4-6,9,12-14,16H,7-8,10-11,15H2,1-3H3. The first-order valence-corrected chi connectivity index (χ1v) is 13.8. The Morgan fingerprint density at radius 2 is 1.88 bits per heavy atom. The molecule has 0 unspecified atom stereocenters. The van der Waals surface area contributed by atoms with Gasteiger partial charge in [-0.1, -0.05) is 20.8 Å². The quantitative estimate of drug-likeness (QED) is 0.389. The Morgan fingerprint density at radius 3 is 2.50 bits per heavy atom. The summed E-state index contributed by atoms with van der Waals surface area (Å²) in [7, 11) is -3.99. The topological polar surface area (TPSA) is 83.2 Å². The van der Waals surface area contributed by atoms with Gasteiger partial charge in [-0.3, -0.25) is 9.36 Å². The lowest BCUT2D eigenvalue weighted by Crippen LogP contribution is -2.25. The van der Waals surface area contributed by atoms with Gasteiger partial charge in [0.25, 0.3) is 5.56 Å². The monoisotopic (exact) mass is 599 g/mol. The molecule has 3 aromatic rings. The van der Waals surface area contributed by atoms with Crippen LogP contribution < -0.4 is 5.56 Å². The number of aromatic nitrogens is 3. The van der Waals surface area contributed by atoms with E-state index >= 15 is 0 Å². The highest BCUT2D eigenvalue weighted by Gasteiger charge is 2.27. The number of hydrogen-bond donors (Lipinski definition) is 0. The fourth-order valence-corrected chi connectivity index (χ4v) is 5.80. The molecule has 10 heteroatoms. The van der Waals surface area contributed by atoms with Gasteiger partial charge in [-0.05, 0) is 65.6 Å². The van der Waals surface area contributed by atoms with E-state index in [1.54, 1.807) is 40.8 Å². The zero-order valence-corrected chi connectivity index (χ0v) is 22.3. The largest absolute Gasteiger partial charge is 0.381 e. The normalized spacial score (nSPS) is 16.3. The Labute approximate surface area is 211 Å². The van der Waals surface area contributed by atoms with Gasteiger partial charge in [0, 0.05) is 41.5 Å². The van der Waals surface area contributed by atoms with E-state index in [4.69, 9.17) is 9.72 Å². The highest BCUT2D eigenvalue weighted by atomic mass is 127. The van der Waals surface area contributed by atoms with Crippen molar-refractivity contribution in [1.29, 1.82) is 0 Å². The van der Waals surface area contributed by atoms with Crippen LogP contribution in [0.2, 0.25) is 0 Å². The first-order chi connectivity index (χ1) is 16.0. The van der Waals surface area contributed by atoms with Crippen LogP contribution in [0, 0.1) is 5.92 Å². The SMILES string of the molecule is CC(C)(C)c1nc2cc(S(=O)(=O)c3ccn(C(F)=CI)c(=O)c3)ccc2n1CC1CCOCC1. The highest BCUT2D eigenvalue weighted by molar-refractivity contribution is 14.1. The molecule has 2 aromatic heterocycles. The minimum absolute atomic E-state index is 0.0400. The fraction of sp³-hybridized carbons (Fsp3) is 0.417. The molecule has 182 valence electrons. The van der Waals surface area contributed by atoms with Crippen molar-refractivity contribution < 1.29 is 17.5 Å². The van der Waals surface area contributed by atoms with Crippen molar-refractivity contribution in [2.24, 2.45) is 5.92 Å². The lowest BCUT2D eigenvalue weighted by atomic mass is 9.94. The zero-order valence-electron chi connectivity index (χ0n) is 19.3. The molecule has 1 fully saturated rings. The number of pyridine rings is 1. The molecule has 1 aromatic carbocycles. The number of imidazole rings is 1. The van der Waals surface area contributed by atoms with E-state index in [9.17, 15) is 17.6 Å². The van der Waals surface area contributed by atoms with Crippen LogP contribution in [0.4, 0.5) is 4.39 Å². The molecule has 34 heavy (non-hydrogen) atoms. The van der Waals surface area contributed by atoms with Crippen molar-refractivity contribution in [3.05, 3.63) is 56.8 Å². The van der Waals surface area contributed by atoms with E-state index in [2.05, 4.69) is 25.3 Å². The van der Waals surface area contributed by atoms with E-state index in [-0.39, 0.29) is 15.2 Å². The predicted octanol–water partition coefficient (Wildman–Crippen LogP) is 4.92. The number of fused-ring (bicyclic) bond motifs is 1. The van der Waals surface area contributed by atoms with Gasteiger partial charge < -0.3 is 9.30 Å². The second kappa shape index (κ2) is 9.54. The minimum Gasteiger partial charge on any atom is -0.381 e. The summed E-state index contributed by atoms with van der Waals surface area (Å²) in [5, 5.41) is 0. The van der Waals surface area contributed by atoms with Crippen molar-refractivity contribution in [2.45, 2.75) is 55.4 Å². The van der Waals surface area contributed by atoms with E-state index in [1.165, 1.54) is 6.07 Å². The molecule has 1 aliphatic heterocycles. The van der Waals surface area contributed by atoms with Crippen LogP contribution in [-0.4, -0.2) is 35.7 Å². The molecular formula is C24H27FIN3O4S. The third-order valence-electron chi connectivity index (χ3n) is 6.00. The van der Waals surface area contributed by atoms with Crippen LogP contribution >= 0.6 is 22.6 Å². The average Bonchev–Trinajstić information content (AvgIpc) is 3.17. The molecule has 0 aliphatic carbocycles. The van der Waals surface area contributed by atoms with Gasteiger partial charge in [-0.15, -0.1) is 0 Å². The van der Waals surface area contributed by atoms with Crippen molar-refractivity contribution in [2.75, 3.05) is 13.2 Å². The summed E-state index contributed by atoms with van der Waals surface area (Å²) in [6.45, 7) is 8.56. The number of ether oxygens (including phenoxy) is 1. The molecule has 0 amide bonds. The smallest absolute Gasteiger partial charge is 0.258 e. The number of rotatable bonds is 5. The summed E-state index contributed by atoms with van der Waals surface area (Å²) in [5.41, 5.74) is 0.470. The Hall–Kier alpha value is -2.05. The van der Waals surface area contributed by atoms with Crippen LogP contribution in [0.5, 0.6) is 0 Å². The summed E-state index contributed by atoms with van der Waals surface area (Å²) in [6, 6.07) is 7.04. The average molecular weight is 599 g/mol. The maximum Gasteiger partial charge on any atom is 0.258 e. The number of nitrogens with zero attached hydrogens (tertiary/aromatic N) is 3. The van der Waals surface area contributed by atoms with Gasteiger partial charge >= 0.3 is 0 Å². The highest BCUT2D eigenvalue weighted by Crippen LogP contribution is 2.31. The van der Waals surface area contributed by atoms with E-state index in [0.717, 1.165) is 64.9 Å². The van der Waals surface area contributed by atoms with Gasteiger partial charge in [0.2, 0.25) is 15.8 Å². The molecule has 0 bridgehead atoms. The van der Waals surface area contributed by atoms with Crippen molar-refractivity contribution in [1.82, 2.24) is 14.1 Å². The van der Waals surface area contributed by atoms with Gasteiger partial charge in [-0.25, -0.2) is 13.4 Å². The van der Waals surface area contributed by atoms with E-state index in [1.807, 2.05) is 0 Å². The lowest BCUT2D eigenvalue weighted by Gasteiger charge is -2.26. The molecule has 0 atom stereocenters. The van der Waals surface area contributed by atoms with Crippen LogP contribution in [0.1, 0.15) is 39.4 Å². The molecule has 0 radical (unpaired) electrons. The molecule has 4 rings (SSSR count). The van der Waals surface area contributed by atoms with Gasteiger partial charge in [0.1, 0.15) is 5.82 Å². The van der Waals surface area contributed by atoms with Gasteiger partial charge in [-0.2, -0.15) is 4.39 Å². The summed E-state index contributed by atoms with van der Waals surface area (Å²) in [4.78, 5) is 16.9. The van der Waals surface area contributed by atoms with Crippen molar-refractivity contribution in [3.8, 4) is 0 Å². The third-order valence-corrected chi connectivity index (χ3v) is 8.27. The fourth-order valence-electron chi connectivity index (χ4n) is 4.21. The minimum atomic E-state index is -3.99. The lowest BCUT2D eigenvalue weighted by molar-refractivity contribution is 0.0611. The maximum atomic E-state index is 13.8. The Bertz CT molecular complexity index is 1410. The molecule has 3 heterocycles. The number of sulfone groups is 1. The number of halogens is 2. The first kappa shape index (κ1) is 25.1. The Kier molecular flexibility index (Phi) is 7.03. The summed E-state index contributed by atoms with van der Waals surface area (Å²) in [5.74, 6) is 0.590. The van der Waals surface area contributed by atoms with Gasteiger partial charge in [0.15, 0.2) is 0 Å². The van der Waals surface area contributed by atoms with Gasteiger partial charge in [0.05, 0.1) is 20.8 Å².